The summed E-state index contributed by atoms with van der Waals surface area (Å²) in [4.78, 5) is 24.6. The molecule has 0 spiro atoms. The SMILES string of the molecule is COc1cc(CN[C@H]2CCc3c2ccc(Cl)c3Cl)ccc1OCCN1C(=O)CCC1=O. The number of nitrogens with one attached hydrogen (secondary N) is 1. The van der Waals surface area contributed by atoms with E-state index in [4.69, 9.17) is 32.7 Å². The Labute approximate surface area is 191 Å². The number of fused-ring (bicyclic) bond motifs is 1. The van der Waals surface area contributed by atoms with Crippen LogP contribution in [0.2, 0.25) is 10.0 Å². The number of carbonyl (C=O) groups is 2. The lowest BCUT2D eigenvalue weighted by atomic mass is 10.1. The first kappa shape index (κ1) is 21.9. The van der Waals surface area contributed by atoms with Gasteiger partial charge in [0.1, 0.15) is 6.61 Å². The van der Waals surface area contributed by atoms with Crippen LogP contribution in [0.3, 0.4) is 0 Å². The molecule has 164 valence electrons. The molecule has 0 saturated carbocycles. The molecule has 1 atom stereocenters. The smallest absolute Gasteiger partial charge is 0.229 e. The molecule has 0 unspecified atom stereocenters. The third kappa shape index (κ3) is 4.66. The second kappa shape index (κ2) is 9.47. The number of rotatable bonds is 8. The van der Waals surface area contributed by atoms with Gasteiger partial charge in [-0.3, -0.25) is 14.5 Å². The molecule has 1 fully saturated rings. The lowest BCUT2D eigenvalue weighted by Crippen LogP contribution is -2.33. The van der Waals surface area contributed by atoms with Crippen molar-refractivity contribution >= 4 is 35.0 Å². The number of nitrogens with zero attached hydrogens (tertiary/aromatic N) is 1. The van der Waals surface area contributed by atoms with Gasteiger partial charge >= 0.3 is 0 Å². The standard InChI is InChI=1S/C23H24Cl2N2O4/c1-30-20-12-14(2-7-19(20)31-11-10-27-21(28)8-9-22(27)29)13-26-18-6-4-16-15(18)3-5-17(24)23(16)25/h2-3,5,7,12,18,26H,4,6,8-11,13H2,1H3/t18-/m0/s1. The number of ether oxygens (including phenoxy) is 2. The second-order valence-electron chi connectivity index (χ2n) is 7.67. The lowest BCUT2D eigenvalue weighted by molar-refractivity contribution is -0.138. The monoisotopic (exact) mass is 462 g/mol. The zero-order valence-corrected chi connectivity index (χ0v) is 18.8. The van der Waals surface area contributed by atoms with Gasteiger partial charge in [0.25, 0.3) is 0 Å². The number of carbonyl (C=O) groups excluding carboxylic acids is 2. The topological polar surface area (TPSA) is 67.9 Å². The third-order valence-electron chi connectivity index (χ3n) is 5.80. The first-order valence-corrected chi connectivity index (χ1v) is 11.1. The van der Waals surface area contributed by atoms with E-state index in [0.29, 0.717) is 28.1 Å². The first-order chi connectivity index (χ1) is 15.0. The highest BCUT2D eigenvalue weighted by atomic mass is 35.5. The molecule has 1 N–H and O–H groups in total. The molecule has 0 aromatic heterocycles. The highest BCUT2D eigenvalue weighted by Crippen LogP contribution is 2.39. The van der Waals surface area contributed by atoms with Crippen LogP contribution < -0.4 is 14.8 Å². The molecule has 2 aromatic rings. The number of likely N-dealkylation sites (tertiary alicyclic amines) is 1. The Kier molecular flexibility index (Phi) is 6.70. The van der Waals surface area contributed by atoms with Crippen molar-refractivity contribution in [3.63, 3.8) is 0 Å². The van der Waals surface area contributed by atoms with Gasteiger partial charge in [-0.25, -0.2) is 0 Å². The van der Waals surface area contributed by atoms with Crippen molar-refractivity contribution in [2.24, 2.45) is 0 Å². The molecule has 1 heterocycles. The highest BCUT2D eigenvalue weighted by molar-refractivity contribution is 6.42. The summed E-state index contributed by atoms with van der Waals surface area (Å²) in [5, 5.41) is 4.84. The molecule has 31 heavy (non-hydrogen) atoms. The fourth-order valence-electron chi connectivity index (χ4n) is 4.15. The number of amides is 2. The van der Waals surface area contributed by atoms with E-state index in [-0.39, 0.29) is 43.8 Å². The normalized spacial score (nSPS) is 17.9. The fourth-order valence-corrected chi connectivity index (χ4v) is 4.59. The maximum atomic E-state index is 11.7. The summed E-state index contributed by atoms with van der Waals surface area (Å²) in [6.07, 6.45) is 2.45. The Morgan fingerprint density at radius 3 is 2.58 bits per heavy atom. The van der Waals surface area contributed by atoms with Crippen molar-refractivity contribution in [2.75, 3.05) is 20.3 Å². The summed E-state index contributed by atoms with van der Waals surface area (Å²) in [6, 6.07) is 9.87. The summed E-state index contributed by atoms with van der Waals surface area (Å²) >= 11 is 12.5. The molecule has 0 radical (unpaired) electrons. The summed E-state index contributed by atoms with van der Waals surface area (Å²) in [6.45, 7) is 1.14. The first-order valence-electron chi connectivity index (χ1n) is 10.3. The fraction of sp³-hybridized carbons (Fsp3) is 0.391. The number of halogens is 2. The van der Waals surface area contributed by atoms with Crippen molar-refractivity contribution in [1.82, 2.24) is 10.2 Å². The molecule has 4 rings (SSSR count). The minimum Gasteiger partial charge on any atom is -0.493 e. The molecule has 1 saturated heterocycles. The van der Waals surface area contributed by atoms with Crippen LogP contribution in [-0.2, 0) is 22.6 Å². The van der Waals surface area contributed by atoms with E-state index in [1.807, 2.05) is 30.3 Å². The van der Waals surface area contributed by atoms with Crippen LogP contribution in [-0.4, -0.2) is 37.0 Å². The second-order valence-corrected chi connectivity index (χ2v) is 8.46. The lowest BCUT2D eigenvalue weighted by Gasteiger charge is -2.17. The average Bonchev–Trinajstić information content (AvgIpc) is 3.33. The minimum atomic E-state index is -0.140. The number of methoxy groups -OCH3 is 1. The quantitative estimate of drug-likeness (QED) is 0.592. The molecule has 2 amide bonds. The van der Waals surface area contributed by atoms with E-state index in [1.165, 1.54) is 10.5 Å². The molecular formula is C23H24Cl2N2O4. The van der Waals surface area contributed by atoms with Crippen molar-refractivity contribution in [3.8, 4) is 11.5 Å². The van der Waals surface area contributed by atoms with Gasteiger partial charge in [0.2, 0.25) is 11.8 Å². The Balaban J connectivity index is 1.35. The van der Waals surface area contributed by atoms with Crippen LogP contribution >= 0.6 is 23.2 Å². The maximum absolute atomic E-state index is 11.7. The molecule has 8 heteroatoms. The van der Waals surface area contributed by atoms with Crippen molar-refractivity contribution < 1.29 is 19.1 Å². The third-order valence-corrected chi connectivity index (χ3v) is 6.64. The van der Waals surface area contributed by atoms with Gasteiger partial charge in [-0.15, -0.1) is 0 Å². The van der Waals surface area contributed by atoms with Gasteiger partial charge in [0.15, 0.2) is 11.5 Å². The molecule has 6 nitrogen and oxygen atoms in total. The Bertz CT molecular complexity index is 995. The van der Waals surface area contributed by atoms with E-state index in [2.05, 4.69) is 5.32 Å². The average molecular weight is 463 g/mol. The van der Waals surface area contributed by atoms with Crippen LogP contribution in [0.4, 0.5) is 0 Å². The van der Waals surface area contributed by atoms with Crippen LogP contribution in [0.5, 0.6) is 11.5 Å². The van der Waals surface area contributed by atoms with Crippen LogP contribution in [0.1, 0.15) is 42.0 Å². The van der Waals surface area contributed by atoms with Gasteiger partial charge < -0.3 is 14.8 Å². The number of hydrogen-bond donors (Lipinski definition) is 1. The van der Waals surface area contributed by atoms with Gasteiger partial charge in [-0.1, -0.05) is 35.3 Å². The highest BCUT2D eigenvalue weighted by Gasteiger charge is 2.28. The molecule has 1 aliphatic heterocycles. The predicted molar refractivity (Wildman–Crippen MR) is 119 cm³/mol. The zero-order valence-electron chi connectivity index (χ0n) is 17.2. The Morgan fingerprint density at radius 2 is 1.84 bits per heavy atom. The molecular weight excluding hydrogens is 439 g/mol. The maximum Gasteiger partial charge on any atom is 0.229 e. The summed E-state index contributed by atoms with van der Waals surface area (Å²) in [7, 11) is 1.59. The van der Waals surface area contributed by atoms with Crippen molar-refractivity contribution in [1.29, 1.82) is 0 Å². The van der Waals surface area contributed by atoms with Crippen molar-refractivity contribution in [3.05, 3.63) is 57.1 Å². The van der Waals surface area contributed by atoms with Gasteiger partial charge in [-0.05, 0) is 47.7 Å². The Hall–Kier alpha value is -2.28. The van der Waals surface area contributed by atoms with Gasteiger partial charge in [0, 0.05) is 25.4 Å². The van der Waals surface area contributed by atoms with Gasteiger partial charge in [0.05, 0.1) is 23.7 Å². The summed E-state index contributed by atoms with van der Waals surface area (Å²) < 4.78 is 11.2. The number of imide groups is 1. The van der Waals surface area contributed by atoms with E-state index < -0.39 is 0 Å². The van der Waals surface area contributed by atoms with Crippen LogP contribution in [0, 0.1) is 0 Å². The van der Waals surface area contributed by atoms with Crippen LogP contribution in [0.25, 0.3) is 0 Å². The van der Waals surface area contributed by atoms with E-state index in [1.54, 1.807) is 7.11 Å². The number of hydrogen-bond acceptors (Lipinski definition) is 5. The number of benzene rings is 2. The summed E-state index contributed by atoms with van der Waals surface area (Å²) in [5.74, 6) is 0.913. The molecule has 2 aromatic carbocycles. The zero-order chi connectivity index (χ0) is 22.0. The molecule has 0 bridgehead atoms. The van der Waals surface area contributed by atoms with Crippen molar-refractivity contribution in [2.45, 2.75) is 38.3 Å². The largest absolute Gasteiger partial charge is 0.493 e. The van der Waals surface area contributed by atoms with Crippen LogP contribution in [0.15, 0.2) is 30.3 Å². The van der Waals surface area contributed by atoms with E-state index >= 15 is 0 Å². The minimum absolute atomic E-state index is 0.140. The Morgan fingerprint density at radius 1 is 1.06 bits per heavy atom. The predicted octanol–water partition coefficient (Wildman–Crippen LogP) is 4.31. The molecule has 2 aliphatic rings. The van der Waals surface area contributed by atoms with E-state index in [9.17, 15) is 9.59 Å². The molecule has 1 aliphatic carbocycles. The summed E-state index contributed by atoms with van der Waals surface area (Å²) in [5.41, 5.74) is 3.39. The van der Waals surface area contributed by atoms with E-state index in [0.717, 1.165) is 24.0 Å². The van der Waals surface area contributed by atoms with Gasteiger partial charge in [-0.2, -0.15) is 0 Å².